The molecule has 9 nitrogen and oxygen atoms in total. The summed E-state index contributed by atoms with van der Waals surface area (Å²) in [6, 6.07) is -0.0371. The highest BCUT2D eigenvalue weighted by molar-refractivity contribution is 5.79. The lowest BCUT2D eigenvalue weighted by Crippen LogP contribution is -2.24. The first kappa shape index (κ1) is 11.4. The van der Waals surface area contributed by atoms with E-state index < -0.39 is 0 Å². The predicted molar refractivity (Wildman–Crippen MR) is 66.4 cm³/mol. The van der Waals surface area contributed by atoms with Gasteiger partial charge in [0, 0.05) is 25.4 Å². The van der Waals surface area contributed by atoms with Gasteiger partial charge in [-0.15, -0.1) is 0 Å². The second kappa shape index (κ2) is 4.52. The van der Waals surface area contributed by atoms with Crippen molar-refractivity contribution in [1.29, 1.82) is 0 Å². The molecule has 1 aliphatic heterocycles. The Morgan fingerprint density at radius 2 is 2.32 bits per heavy atom. The largest absolute Gasteiger partial charge is 0.368 e. The van der Waals surface area contributed by atoms with Crippen LogP contribution < -0.4 is 16.4 Å². The number of nitrogens with one attached hydrogen (secondary N) is 2. The van der Waals surface area contributed by atoms with Crippen molar-refractivity contribution < 1.29 is 4.79 Å². The van der Waals surface area contributed by atoms with E-state index in [1.54, 1.807) is 23.3 Å². The van der Waals surface area contributed by atoms with Gasteiger partial charge in [0.1, 0.15) is 6.33 Å². The summed E-state index contributed by atoms with van der Waals surface area (Å²) in [5.74, 6) is 0.843. The van der Waals surface area contributed by atoms with Crippen LogP contribution in [0.1, 0.15) is 6.42 Å². The van der Waals surface area contributed by atoms with Gasteiger partial charge in [-0.25, -0.2) is 4.98 Å². The molecule has 0 radical (unpaired) electrons. The number of aromatic nitrogens is 5. The number of imidazole rings is 1. The number of nitrogens with two attached hydrogens (primary N) is 1. The smallest absolute Gasteiger partial charge is 0.241 e. The Labute approximate surface area is 108 Å². The molecule has 2 aromatic rings. The van der Waals surface area contributed by atoms with E-state index in [2.05, 4.69) is 30.6 Å². The fourth-order valence-corrected chi connectivity index (χ4v) is 1.83. The van der Waals surface area contributed by atoms with Gasteiger partial charge in [-0.2, -0.15) is 15.0 Å². The van der Waals surface area contributed by atoms with E-state index in [0.717, 1.165) is 0 Å². The van der Waals surface area contributed by atoms with Gasteiger partial charge >= 0.3 is 0 Å². The molecule has 9 heteroatoms. The zero-order chi connectivity index (χ0) is 13.2. The maximum Gasteiger partial charge on any atom is 0.241 e. The average molecular weight is 260 g/mol. The SMILES string of the molecule is Nc1nc(NC2CNC(=O)C2)nc(-n2ccnc2)n1. The molecule has 1 amide bonds. The third-order valence-corrected chi connectivity index (χ3v) is 2.69. The number of carbonyl (C=O) groups excluding carboxylic acids is 1. The highest BCUT2D eigenvalue weighted by Crippen LogP contribution is 2.10. The van der Waals surface area contributed by atoms with Gasteiger partial charge in [-0.3, -0.25) is 9.36 Å². The topological polar surface area (TPSA) is 124 Å². The number of amides is 1. The molecular formula is C10H12N8O. The van der Waals surface area contributed by atoms with Gasteiger partial charge in [0.05, 0.1) is 6.04 Å². The summed E-state index contributed by atoms with van der Waals surface area (Å²) in [7, 11) is 0. The summed E-state index contributed by atoms with van der Waals surface area (Å²) >= 11 is 0. The van der Waals surface area contributed by atoms with Gasteiger partial charge in [0.25, 0.3) is 0 Å². The van der Waals surface area contributed by atoms with E-state index in [1.807, 2.05) is 0 Å². The second-order valence-electron chi connectivity index (χ2n) is 4.14. The minimum atomic E-state index is -0.0371. The molecule has 2 aromatic heterocycles. The summed E-state index contributed by atoms with van der Waals surface area (Å²) in [6.45, 7) is 0.546. The van der Waals surface area contributed by atoms with E-state index in [0.29, 0.717) is 24.9 Å². The molecule has 1 aliphatic rings. The van der Waals surface area contributed by atoms with Crippen LogP contribution in [0.4, 0.5) is 11.9 Å². The Kier molecular flexibility index (Phi) is 2.71. The molecule has 19 heavy (non-hydrogen) atoms. The van der Waals surface area contributed by atoms with Gasteiger partial charge in [0.2, 0.25) is 23.8 Å². The number of hydrogen-bond acceptors (Lipinski definition) is 7. The minimum absolute atomic E-state index is 0.00867. The van der Waals surface area contributed by atoms with Crippen LogP contribution in [0, 0.1) is 0 Å². The lowest BCUT2D eigenvalue weighted by atomic mass is 10.3. The van der Waals surface area contributed by atoms with Crippen molar-refractivity contribution in [3.8, 4) is 5.95 Å². The molecule has 0 saturated carbocycles. The minimum Gasteiger partial charge on any atom is -0.368 e. The normalized spacial score (nSPS) is 18.3. The highest BCUT2D eigenvalue weighted by atomic mass is 16.1. The third-order valence-electron chi connectivity index (χ3n) is 2.69. The fourth-order valence-electron chi connectivity index (χ4n) is 1.83. The van der Waals surface area contributed by atoms with E-state index in [4.69, 9.17) is 5.73 Å². The van der Waals surface area contributed by atoms with Crippen molar-refractivity contribution in [3.05, 3.63) is 18.7 Å². The van der Waals surface area contributed by atoms with Crippen LogP contribution in [0.5, 0.6) is 0 Å². The Bertz CT molecular complexity index is 596. The molecule has 4 N–H and O–H groups in total. The van der Waals surface area contributed by atoms with Gasteiger partial charge in [-0.05, 0) is 0 Å². The number of hydrogen-bond donors (Lipinski definition) is 3. The first-order valence-electron chi connectivity index (χ1n) is 5.74. The molecule has 0 aliphatic carbocycles. The maximum atomic E-state index is 11.1. The maximum absolute atomic E-state index is 11.1. The monoisotopic (exact) mass is 260 g/mol. The lowest BCUT2D eigenvalue weighted by molar-refractivity contribution is -0.119. The average Bonchev–Trinajstić information content (AvgIpc) is 3.00. The molecule has 0 spiro atoms. The Morgan fingerprint density at radius 1 is 1.42 bits per heavy atom. The molecule has 1 atom stereocenters. The summed E-state index contributed by atoms with van der Waals surface area (Å²) in [5.41, 5.74) is 5.65. The molecule has 1 unspecified atom stereocenters. The number of nitrogens with zero attached hydrogens (tertiary/aromatic N) is 5. The molecule has 0 aromatic carbocycles. The summed E-state index contributed by atoms with van der Waals surface area (Å²) in [6.07, 6.45) is 5.29. The van der Waals surface area contributed by atoms with E-state index in [9.17, 15) is 4.79 Å². The number of nitrogen functional groups attached to an aromatic ring is 1. The molecule has 0 bridgehead atoms. The standard InChI is InChI=1S/C10H12N8O/c11-8-15-9(14-6-3-7(19)13-4-6)17-10(16-8)18-2-1-12-5-18/h1-2,5-6H,3-4H2,(H,13,19)(H3,11,14,15,16,17). The predicted octanol–water partition coefficient (Wildman–Crippen LogP) is -1.06. The summed E-state index contributed by atoms with van der Waals surface area (Å²) in [4.78, 5) is 27.3. The molecular weight excluding hydrogens is 248 g/mol. The van der Waals surface area contributed by atoms with E-state index >= 15 is 0 Å². The fraction of sp³-hybridized carbons (Fsp3) is 0.300. The second-order valence-corrected chi connectivity index (χ2v) is 4.14. The van der Waals surface area contributed by atoms with Crippen LogP contribution in [-0.4, -0.2) is 43.0 Å². The van der Waals surface area contributed by atoms with Crippen molar-refractivity contribution >= 4 is 17.8 Å². The van der Waals surface area contributed by atoms with Crippen LogP contribution >= 0.6 is 0 Å². The highest BCUT2D eigenvalue weighted by Gasteiger charge is 2.22. The van der Waals surface area contributed by atoms with Gasteiger partial charge in [0.15, 0.2) is 0 Å². The quantitative estimate of drug-likeness (QED) is 0.642. The molecule has 98 valence electrons. The first-order valence-corrected chi connectivity index (χ1v) is 5.74. The molecule has 1 fully saturated rings. The Hall–Kier alpha value is -2.71. The lowest BCUT2D eigenvalue weighted by Gasteiger charge is -2.11. The van der Waals surface area contributed by atoms with Crippen LogP contribution in [0.25, 0.3) is 5.95 Å². The Morgan fingerprint density at radius 3 is 3.00 bits per heavy atom. The zero-order valence-corrected chi connectivity index (χ0v) is 9.95. The number of rotatable bonds is 3. The zero-order valence-electron chi connectivity index (χ0n) is 9.95. The summed E-state index contributed by atoms with van der Waals surface area (Å²) in [5, 5.41) is 5.78. The van der Waals surface area contributed by atoms with E-state index in [1.165, 1.54) is 0 Å². The van der Waals surface area contributed by atoms with Gasteiger partial charge in [-0.1, -0.05) is 0 Å². The van der Waals surface area contributed by atoms with Crippen LogP contribution in [0.15, 0.2) is 18.7 Å². The van der Waals surface area contributed by atoms with E-state index in [-0.39, 0.29) is 17.9 Å². The van der Waals surface area contributed by atoms with Crippen molar-refractivity contribution in [3.63, 3.8) is 0 Å². The summed E-state index contributed by atoms with van der Waals surface area (Å²) < 4.78 is 1.63. The molecule has 3 rings (SSSR count). The van der Waals surface area contributed by atoms with Crippen molar-refractivity contribution in [2.75, 3.05) is 17.6 Å². The Balaban J connectivity index is 1.84. The first-order chi connectivity index (χ1) is 9.20. The molecule has 3 heterocycles. The third kappa shape index (κ3) is 2.44. The van der Waals surface area contributed by atoms with Crippen molar-refractivity contribution in [1.82, 2.24) is 29.8 Å². The van der Waals surface area contributed by atoms with Gasteiger partial charge < -0.3 is 16.4 Å². The van der Waals surface area contributed by atoms with Crippen LogP contribution in [0.3, 0.4) is 0 Å². The molecule has 1 saturated heterocycles. The number of carbonyl (C=O) groups is 1. The van der Waals surface area contributed by atoms with Crippen LogP contribution in [0.2, 0.25) is 0 Å². The number of anilines is 2. The van der Waals surface area contributed by atoms with Crippen LogP contribution in [-0.2, 0) is 4.79 Å². The van der Waals surface area contributed by atoms with Crippen molar-refractivity contribution in [2.45, 2.75) is 12.5 Å². The van der Waals surface area contributed by atoms with Crippen molar-refractivity contribution in [2.24, 2.45) is 0 Å².